The molecule has 0 aliphatic carbocycles. The summed E-state index contributed by atoms with van der Waals surface area (Å²) in [5.41, 5.74) is 0. The van der Waals surface area contributed by atoms with Gasteiger partial charge in [-0.05, 0) is 6.42 Å². The van der Waals surface area contributed by atoms with E-state index in [1.807, 2.05) is 0 Å². The predicted molar refractivity (Wildman–Crippen MR) is 58.9 cm³/mol. The quantitative estimate of drug-likeness (QED) is 0.504. The Kier molecular flexibility index (Phi) is 7.12. The molecule has 0 unspecified atom stereocenters. The molecule has 0 aromatic carbocycles. The van der Waals surface area contributed by atoms with Crippen LogP contribution < -0.4 is 10.0 Å². The highest BCUT2D eigenvalue weighted by atomic mass is 79.9. The number of sulfonamides is 1. The second-order valence-corrected chi connectivity index (χ2v) is 5.43. The molecule has 84 valence electrons. The number of hydrogen-bond acceptors (Lipinski definition) is 3. The fourth-order valence-electron chi connectivity index (χ4n) is 0.748. The lowest BCUT2D eigenvalue weighted by atomic mass is 10.4. The van der Waals surface area contributed by atoms with Gasteiger partial charge >= 0.3 is 0 Å². The largest absolute Gasteiger partial charge is 0.356 e. The van der Waals surface area contributed by atoms with Crippen molar-refractivity contribution in [3.05, 3.63) is 0 Å². The van der Waals surface area contributed by atoms with Gasteiger partial charge in [0, 0.05) is 24.8 Å². The van der Waals surface area contributed by atoms with Crippen LogP contribution in [0.4, 0.5) is 0 Å². The molecule has 0 spiro atoms. The Morgan fingerprint density at radius 2 is 2.00 bits per heavy atom. The molecule has 1 amide bonds. The molecule has 0 aliphatic heterocycles. The number of amides is 1. The van der Waals surface area contributed by atoms with Gasteiger partial charge in [-0.15, -0.1) is 0 Å². The summed E-state index contributed by atoms with van der Waals surface area (Å²) in [6.45, 7) is 0.849. The summed E-state index contributed by atoms with van der Waals surface area (Å²) < 4.78 is 23.6. The van der Waals surface area contributed by atoms with Crippen LogP contribution in [0.25, 0.3) is 0 Å². The first kappa shape index (κ1) is 13.9. The Hall–Kier alpha value is -0.140. The Labute approximate surface area is 92.8 Å². The molecule has 0 heterocycles. The molecule has 0 saturated heterocycles. The molecule has 0 saturated carbocycles. The Morgan fingerprint density at radius 1 is 1.36 bits per heavy atom. The zero-order valence-electron chi connectivity index (χ0n) is 8.05. The van der Waals surface area contributed by atoms with Crippen LogP contribution in [0.1, 0.15) is 12.8 Å². The van der Waals surface area contributed by atoms with Gasteiger partial charge in [0.05, 0.1) is 6.26 Å². The number of nitrogens with one attached hydrogen (secondary N) is 2. The smallest absolute Gasteiger partial charge is 0.220 e. The molecule has 0 fully saturated rings. The van der Waals surface area contributed by atoms with Crippen molar-refractivity contribution in [3.8, 4) is 0 Å². The lowest BCUT2D eigenvalue weighted by molar-refractivity contribution is -0.120. The fourth-order valence-corrected chi connectivity index (χ4v) is 1.62. The Bertz CT molecular complexity index is 266. The number of carbonyl (C=O) groups is 1. The van der Waals surface area contributed by atoms with Crippen LogP contribution in [0.15, 0.2) is 0 Å². The van der Waals surface area contributed by atoms with E-state index in [0.717, 1.165) is 6.26 Å². The van der Waals surface area contributed by atoms with Crippen molar-refractivity contribution in [2.45, 2.75) is 12.8 Å². The van der Waals surface area contributed by atoms with E-state index in [1.165, 1.54) is 0 Å². The van der Waals surface area contributed by atoms with E-state index in [-0.39, 0.29) is 5.91 Å². The van der Waals surface area contributed by atoms with Crippen molar-refractivity contribution in [1.29, 1.82) is 0 Å². The maximum atomic E-state index is 10.9. The number of hydrogen-bond donors (Lipinski definition) is 2. The minimum absolute atomic E-state index is 0.0266. The summed E-state index contributed by atoms with van der Waals surface area (Å²) in [6, 6.07) is 0. The zero-order chi connectivity index (χ0) is 11.0. The highest BCUT2D eigenvalue weighted by Gasteiger charge is 2.00. The van der Waals surface area contributed by atoms with Gasteiger partial charge in [0.25, 0.3) is 0 Å². The molecule has 0 aromatic heterocycles. The summed E-state index contributed by atoms with van der Waals surface area (Å²) in [6.07, 6.45) is 2.15. The van der Waals surface area contributed by atoms with E-state index >= 15 is 0 Å². The van der Waals surface area contributed by atoms with E-state index < -0.39 is 10.0 Å². The molecule has 0 rings (SSSR count). The van der Waals surface area contributed by atoms with Crippen LogP contribution in [-0.4, -0.2) is 39.0 Å². The van der Waals surface area contributed by atoms with E-state index in [0.29, 0.717) is 31.3 Å². The SMILES string of the molecule is CS(=O)(=O)NCCCNC(=O)CCBr. The van der Waals surface area contributed by atoms with Crippen molar-refractivity contribution < 1.29 is 13.2 Å². The van der Waals surface area contributed by atoms with Gasteiger partial charge in [0.1, 0.15) is 0 Å². The minimum atomic E-state index is -3.11. The second kappa shape index (κ2) is 7.19. The highest BCUT2D eigenvalue weighted by Crippen LogP contribution is 1.87. The first-order chi connectivity index (χ1) is 6.45. The summed E-state index contributed by atoms with van der Waals surface area (Å²) in [7, 11) is -3.11. The third-order valence-electron chi connectivity index (χ3n) is 1.36. The monoisotopic (exact) mass is 286 g/mol. The van der Waals surface area contributed by atoms with Gasteiger partial charge in [-0.1, -0.05) is 15.9 Å². The molecule has 0 aliphatic rings. The van der Waals surface area contributed by atoms with Crippen molar-refractivity contribution in [1.82, 2.24) is 10.0 Å². The Balaban J connectivity index is 3.34. The normalized spacial score (nSPS) is 11.3. The zero-order valence-corrected chi connectivity index (χ0v) is 10.4. The highest BCUT2D eigenvalue weighted by molar-refractivity contribution is 9.09. The summed E-state index contributed by atoms with van der Waals surface area (Å²) >= 11 is 3.15. The van der Waals surface area contributed by atoms with Crippen molar-refractivity contribution in [2.24, 2.45) is 0 Å². The molecular formula is C7H15BrN2O3S. The Morgan fingerprint density at radius 3 is 2.50 bits per heavy atom. The maximum absolute atomic E-state index is 10.9. The standard InChI is InChI=1S/C7H15BrN2O3S/c1-14(12,13)10-6-2-5-9-7(11)3-4-8/h10H,2-6H2,1H3,(H,9,11). The molecule has 0 bridgehead atoms. The number of halogens is 1. The van der Waals surface area contributed by atoms with Crippen LogP contribution >= 0.6 is 15.9 Å². The van der Waals surface area contributed by atoms with E-state index in [9.17, 15) is 13.2 Å². The number of carbonyl (C=O) groups excluding carboxylic acids is 1. The van der Waals surface area contributed by atoms with Gasteiger partial charge < -0.3 is 5.32 Å². The van der Waals surface area contributed by atoms with E-state index in [1.54, 1.807) is 0 Å². The van der Waals surface area contributed by atoms with Crippen LogP contribution in [0.2, 0.25) is 0 Å². The molecular weight excluding hydrogens is 272 g/mol. The molecule has 2 N–H and O–H groups in total. The fraction of sp³-hybridized carbons (Fsp3) is 0.857. The number of alkyl halides is 1. The molecule has 0 aromatic rings. The van der Waals surface area contributed by atoms with Crippen LogP contribution in [0, 0.1) is 0 Å². The molecule has 0 atom stereocenters. The maximum Gasteiger partial charge on any atom is 0.220 e. The van der Waals surface area contributed by atoms with Crippen LogP contribution in [0.5, 0.6) is 0 Å². The van der Waals surface area contributed by atoms with Crippen molar-refractivity contribution in [2.75, 3.05) is 24.7 Å². The van der Waals surface area contributed by atoms with Gasteiger partial charge in [0.2, 0.25) is 15.9 Å². The van der Waals surface area contributed by atoms with Gasteiger partial charge in [-0.3, -0.25) is 4.79 Å². The lowest BCUT2D eigenvalue weighted by Gasteiger charge is -2.04. The molecule has 14 heavy (non-hydrogen) atoms. The summed E-state index contributed by atoms with van der Waals surface area (Å²) in [4.78, 5) is 10.9. The summed E-state index contributed by atoms with van der Waals surface area (Å²) in [5, 5.41) is 3.31. The van der Waals surface area contributed by atoms with Crippen molar-refractivity contribution >= 4 is 31.9 Å². The first-order valence-corrected chi connectivity index (χ1v) is 7.24. The average Bonchev–Trinajstić information content (AvgIpc) is 2.02. The van der Waals surface area contributed by atoms with Gasteiger partial charge in [-0.25, -0.2) is 13.1 Å². The van der Waals surface area contributed by atoms with Gasteiger partial charge in [-0.2, -0.15) is 0 Å². The number of rotatable bonds is 7. The topological polar surface area (TPSA) is 75.3 Å². The van der Waals surface area contributed by atoms with Crippen LogP contribution in [-0.2, 0) is 14.8 Å². The molecule has 0 radical (unpaired) electrons. The first-order valence-electron chi connectivity index (χ1n) is 4.23. The van der Waals surface area contributed by atoms with Crippen molar-refractivity contribution in [3.63, 3.8) is 0 Å². The lowest BCUT2D eigenvalue weighted by Crippen LogP contribution is -2.29. The molecule has 7 heteroatoms. The molecule has 5 nitrogen and oxygen atoms in total. The predicted octanol–water partition coefficient (Wildman–Crippen LogP) is -0.173. The minimum Gasteiger partial charge on any atom is -0.356 e. The van der Waals surface area contributed by atoms with E-state index in [2.05, 4.69) is 26.0 Å². The third kappa shape index (κ3) is 9.94. The summed E-state index contributed by atoms with van der Waals surface area (Å²) in [5.74, 6) is -0.0266. The second-order valence-electron chi connectivity index (χ2n) is 2.81. The third-order valence-corrected chi connectivity index (χ3v) is 2.49. The van der Waals surface area contributed by atoms with Gasteiger partial charge in [0.15, 0.2) is 0 Å². The average molecular weight is 287 g/mol. The van der Waals surface area contributed by atoms with E-state index in [4.69, 9.17) is 0 Å². The van der Waals surface area contributed by atoms with Crippen LogP contribution in [0.3, 0.4) is 0 Å².